The molecule has 0 aliphatic heterocycles. The van der Waals surface area contributed by atoms with Gasteiger partial charge < -0.3 is 5.43 Å². The SMILES string of the molecule is CCCCCCNn1ccc(=S)cc1. The first-order valence-corrected chi connectivity index (χ1v) is 5.66. The van der Waals surface area contributed by atoms with E-state index in [1.54, 1.807) is 0 Å². The summed E-state index contributed by atoms with van der Waals surface area (Å²) in [6, 6.07) is 3.85. The van der Waals surface area contributed by atoms with Gasteiger partial charge in [0, 0.05) is 23.4 Å². The molecule has 14 heavy (non-hydrogen) atoms. The fourth-order valence-electron chi connectivity index (χ4n) is 1.28. The molecular weight excluding hydrogens is 192 g/mol. The first kappa shape index (κ1) is 11.2. The molecule has 0 atom stereocenters. The Morgan fingerprint density at radius 2 is 1.93 bits per heavy atom. The average molecular weight is 210 g/mol. The summed E-state index contributed by atoms with van der Waals surface area (Å²) in [7, 11) is 0. The highest BCUT2D eigenvalue weighted by Gasteiger charge is 1.88. The van der Waals surface area contributed by atoms with Crippen LogP contribution in [0.15, 0.2) is 24.5 Å². The Morgan fingerprint density at radius 1 is 1.21 bits per heavy atom. The molecule has 78 valence electrons. The summed E-state index contributed by atoms with van der Waals surface area (Å²) >= 11 is 5.00. The first-order chi connectivity index (χ1) is 6.83. The molecule has 1 N–H and O–H groups in total. The van der Waals surface area contributed by atoms with Crippen molar-refractivity contribution in [2.45, 2.75) is 32.6 Å². The van der Waals surface area contributed by atoms with Gasteiger partial charge in [-0.05, 0) is 18.6 Å². The number of nitrogens with zero attached hydrogens (tertiary/aromatic N) is 1. The maximum Gasteiger partial charge on any atom is 0.0407 e. The number of nitrogens with one attached hydrogen (secondary N) is 1. The molecule has 0 radical (unpaired) electrons. The Balaban J connectivity index is 2.18. The predicted molar refractivity (Wildman–Crippen MR) is 63.6 cm³/mol. The van der Waals surface area contributed by atoms with Gasteiger partial charge in [-0.1, -0.05) is 38.4 Å². The molecule has 0 fully saturated rings. The van der Waals surface area contributed by atoms with Gasteiger partial charge in [0.05, 0.1) is 0 Å². The van der Waals surface area contributed by atoms with Crippen molar-refractivity contribution in [3.8, 4) is 0 Å². The second-order valence-corrected chi connectivity index (χ2v) is 3.88. The maximum absolute atomic E-state index is 5.00. The molecule has 0 aliphatic rings. The molecule has 0 saturated carbocycles. The highest BCUT2D eigenvalue weighted by atomic mass is 32.1. The molecule has 1 heterocycles. The van der Waals surface area contributed by atoms with E-state index in [4.69, 9.17) is 12.2 Å². The zero-order chi connectivity index (χ0) is 10.2. The van der Waals surface area contributed by atoms with Crippen molar-refractivity contribution in [3.63, 3.8) is 0 Å². The van der Waals surface area contributed by atoms with Crippen molar-refractivity contribution < 1.29 is 0 Å². The fourth-order valence-corrected chi connectivity index (χ4v) is 1.40. The van der Waals surface area contributed by atoms with E-state index in [0.717, 1.165) is 11.1 Å². The Hall–Kier alpha value is -0.830. The highest BCUT2D eigenvalue weighted by molar-refractivity contribution is 7.71. The Labute approximate surface area is 90.9 Å². The van der Waals surface area contributed by atoms with E-state index in [0.29, 0.717) is 0 Å². The third-order valence-electron chi connectivity index (χ3n) is 2.12. The minimum absolute atomic E-state index is 0.883. The third kappa shape index (κ3) is 4.42. The fraction of sp³-hybridized carbons (Fsp3) is 0.545. The largest absolute Gasteiger partial charge is 0.326 e. The number of pyridine rings is 1. The van der Waals surface area contributed by atoms with Crippen LogP contribution >= 0.6 is 12.2 Å². The van der Waals surface area contributed by atoms with Crippen LogP contribution < -0.4 is 5.43 Å². The first-order valence-electron chi connectivity index (χ1n) is 5.25. The van der Waals surface area contributed by atoms with Crippen LogP contribution in [0.1, 0.15) is 32.6 Å². The molecule has 0 bridgehead atoms. The van der Waals surface area contributed by atoms with Crippen molar-refractivity contribution in [1.29, 1.82) is 0 Å². The van der Waals surface area contributed by atoms with Crippen molar-refractivity contribution in [2.24, 2.45) is 0 Å². The van der Waals surface area contributed by atoms with Gasteiger partial charge in [-0.2, -0.15) is 0 Å². The van der Waals surface area contributed by atoms with Crippen LogP contribution in [0.4, 0.5) is 0 Å². The minimum atomic E-state index is 0.883. The summed E-state index contributed by atoms with van der Waals surface area (Å²) in [5.74, 6) is 0. The molecule has 0 unspecified atom stereocenters. The van der Waals surface area contributed by atoms with E-state index >= 15 is 0 Å². The van der Waals surface area contributed by atoms with Crippen LogP contribution in [-0.2, 0) is 0 Å². The lowest BCUT2D eigenvalue weighted by Crippen LogP contribution is -2.15. The molecule has 1 aromatic rings. The summed E-state index contributed by atoms with van der Waals surface area (Å²) in [5, 5.41) is 0. The van der Waals surface area contributed by atoms with E-state index in [-0.39, 0.29) is 0 Å². The smallest absolute Gasteiger partial charge is 0.0407 e. The molecule has 1 rings (SSSR count). The van der Waals surface area contributed by atoms with Gasteiger partial charge in [-0.25, -0.2) is 0 Å². The number of hydrogen-bond donors (Lipinski definition) is 1. The maximum atomic E-state index is 5.00. The lowest BCUT2D eigenvalue weighted by atomic mass is 10.2. The Bertz CT molecular complexity index is 286. The molecule has 0 saturated heterocycles. The highest BCUT2D eigenvalue weighted by Crippen LogP contribution is 1.97. The van der Waals surface area contributed by atoms with Gasteiger partial charge in [0.25, 0.3) is 0 Å². The number of hydrogen-bond acceptors (Lipinski definition) is 2. The van der Waals surface area contributed by atoms with Crippen LogP contribution in [0, 0.1) is 4.51 Å². The Kier molecular flexibility index (Phi) is 5.30. The van der Waals surface area contributed by atoms with Crippen LogP contribution in [-0.4, -0.2) is 11.2 Å². The number of rotatable bonds is 6. The molecule has 2 nitrogen and oxygen atoms in total. The van der Waals surface area contributed by atoms with E-state index in [1.807, 2.05) is 29.2 Å². The zero-order valence-electron chi connectivity index (χ0n) is 8.70. The van der Waals surface area contributed by atoms with E-state index < -0.39 is 0 Å². The van der Waals surface area contributed by atoms with Crippen molar-refractivity contribution in [3.05, 3.63) is 29.0 Å². The lowest BCUT2D eigenvalue weighted by Gasteiger charge is -2.08. The lowest BCUT2D eigenvalue weighted by molar-refractivity contribution is 0.661. The van der Waals surface area contributed by atoms with Gasteiger partial charge in [0.2, 0.25) is 0 Å². The van der Waals surface area contributed by atoms with E-state index in [1.165, 1.54) is 25.7 Å². The second-order valence-electron chi connectivity index (χ2n) is 3.41. The average Bonchev–Trinajstić information content (AvgIpc) is 2.21. The minimum Gasteiger partial charge on any atom is -0.326 e. The van der Waals surface area contributed by atoms with Crippen molar-refractivity contribution in [1.82, 2.24) is 4.68 Å². The van der Waals surface area contributed by atoms with Gasteiger partial charge >= 0.3 is 0 Å². The zero-order valence-corrected chi connectivity index (χ0v) is 9.52. The summed E-state index contributed by atoms with van der Waals surface area (Å²) in [4.78, 5) is 0. The quantitative estimate of drug-likeness (QED) is 0.573. The van der Waals surface area contributed by atoms with Gasteiger partial charge in [-0.3, -0.25) is 4.68 Å². The summed E-state index contributed by atoms with van der Waals surface area (Å²) in [5.41, 5.74) is 3.30. The number of unbranched alkanes of at least 4 members (excludes halogenated alkanes) is 3. The molecule has 0 amide bonds. The number of aromatic nitrogens is 1. The summed E-state index contributed by atoms with van der Waals surface area (Å²) < 4.78 is 2.84. The second kappa shape index (κ2) is 6.60. The van der Waals surface area contributed by atoms with Gasteiger partial charge in [-0.15, -0.1) is 0 Å². The molecular formula is C11H18N2S. The molecule has 0 aliphatic carbocycles. The Morgan fingerprint density at radius 3 is 2.57 bits per heavy atom. The molecule has 3 heteroatoms. The molecule has 0 spiro atoms. The normalized spacial score (nSPS) is 10.1. The van der Waals surface area contributed by atoms with Crippen LogP contribution in [0.2, 0.25) is 0 Å². The summed E-state index contributed by atoms with van der Waals surface area (Å²) in [6.45, 7) is 3.26. The third-order valence-corrected chi connectivity index (χ3v) is 2.40. The van der Waals surface area contributed by atoms with E-state index in [2.05, 4.69) is 12.3 Å². The van der Waals surface area contributed by atoms with Gasteiger partial charge in [0.1, 0.15) is 0 Å². The summed E-state index contributed by atoms with van der Waals surface area (Å²) in [6.07, 6.45) is 9.08. The van der Waals surface area contributed by atoms with E-state index in [9.17, 15) is 0 Å². The standard InChI is InChI=1S/C11H18N2S/c1-2-3-4-5-8-12-13-9-6-11(14)7-10-13/h6-7,9-10,12H,2-5,8H2,1H3. The monoisotopic (exact) mass is 210 g/mol. The van der Waals surface area contributed by atoms with Crippen LogP contribution in [0.3, 0.4) is 0 Å². The molecule has 1 aromatic heterocycles. The van der Waals surface area contributed by atoms with Gasteiger partial charge in [0.15, 0.2) is 0 Å². The van der Waals surface area contributed by atoms with Crippen LogP contribution in [0.5, 0.6) is 0 Å². The van der Waals surface area contributed by atoms with Crippen molar-refractivity contribution in [2.75, 3.05) is 12.0 Å². The topological polar surface area (TPSA) is 17.0 Å². The van der Waals surface area contributed by atoms with Crippen LogP contribution in [0.25, 0.3) is 0 Å². The van der Waals surface area contributed by atoms with Crippen molar-refractivity contribution >= 4 is 12.2 Å². The molecule has 0 aromatic carbocycles. The predicted octanol–water partition coefficient (Wildman–Crippen LogP) is 3.34.